The first-order valence-corrected chi connectivity index (χ1v) is 23.4. The van der Waals surface area contributed by atoms with E-state index in [-0.39, 0.29) is 17.1 Å². The van der Waals surface area contributed by atoms with Crippen LogP contribution in [-0.4, -0.2) is 28.5 Å². The van der Waals surface area contributed by atoms with Gasteiger partial charge in [-0.25, -0.2) is 0 Å². The minimum absolute atomic E-state index is 0. The topological polar surface area (TPSA) is 0 Å². The van der Waals surface area contributed by atoms with Gasteiger partial charge in [-0.3, -0.25) is 0 Å². The van der Waals surface area contributed by atoms with E-state index in [1.807, 2.05) is 10.6 Å². The average molecular weight is 718 g/mol. The Morgan fingerprint density at radius 3 is 1.02 bits per heavy atom. The van der Waals surface area contributed by atoms with Gasteiger partial charge in [0.15, 0.2) is 5.90 Å². The molecule has 2 aliphatic heterocycles. The van der Waals surface area contributed by atoms with Gasteiger partial charge >= 0.3 is 17.1 Å². The van der Waals surface area contributed by atoms with Crippen LogP contribution in [0.3, 0.4) is 0 Å². The summed E-state index contributed by atoms with van der Waals surface area (Å²) < 4.78 is 0. The van der Waals surface area contributed by atoms with Crippen LogP contribution in [0.1, 0.15) is 81.1 Å². The Balaban J connectivity index is 0.000000279. The molecular formula is C39H62CuP4+5. The van der Waals surface area contributed by atoms with Crippen molar-refractivity contribution in [3.05, 3.63) is 84.9 Å². The second-order valence-electron chi connectivity index (χ2n) is 14.5. The molecule has 2 aliphatic rings. The molecule has 6 atom stereocenters. The predicted molar refractivity (Wildman–Crippen MR) is 212 cm³/mol. The summed E-state index contributed by atoms with van der Waals surface area (Å²) >= 11 is 0. The molecule has 2 unspecified atom stereocenters. The molecule has 3 aromatic rings. The third-order valence-corrected chi connectivity index (χ3v) is 23.2. The summed E-state index contributed by atoms with van der Waals surface area (Å²) in [6.07, 6.45) is 5.91. The summed E-state index contributed by atoms with van der Waals surface area (Å²) in [6, 6.07) is 31.7. The van der Waals surface area contributed by atoms with Crippen LogP contribution in [0.5, 0.6) is 0 Å². The van der Waals surface area contributed by atoms with Crippen LogP contribution in [0.2, 0.25) is 0 Å². The molecule has 0 aliphatic carbocycles. The molecule has 0 saturated carbocycles. The first-order valence-electron chi connectivity index (χ1n) is 17.3. The first kappa shape index (κ1) is 38.3. The SMILES string of the molecule is CC(C)[C@H]1CC[C@H](C(C)C)[PH+]1c1ccccc1[PH+]1[C@@H](C(C)C)CC[C@@H]1C(C)C.[Cu+].c1ccc([PH2+]C[PH2+]c2ccccc2)cc1. The minimum Gasteiger partial charge on any atom is -0.0620 e. The summed E-state index contributed by atoms with van der Waals surface area (Å²) in [5, 5.41) is 6.85. The maximum atomic E-state index is 2.60. The number of hydrogen-bond acceptors (Lipinski definition) is 0. The van der Waals surface area contributed by atoms with E-state index in [2.05, 4.69) is 140 Å². The third-order valence-electron chi connectivity index (χ3n) is 10.2. The van der Waals surface area contributed by atoms with E-state index in [9.17, 15) is 0 Å². The van der Waals surface area contributed by atoms with Crippen LogP contribution in [0.4, 0.5) is 0 Å². The molecule has 5 heteroatoms. The van der Waals surface area contributed by atoms with Crippen LogP contribution in [0, 0.1) is 23.7 Å². The van der Waals surface area contributed by atoms with Crippen molar-refractivity contribution in [1.29, 1.82) is 0 Å². The molecule has 0 radical (unpaired) electrons. The molecule has 2 heterocycles. The van der Waals surface area contributed by atoms with Crippen molar-refractivity contribution >= 4 is 54.2 Å². The largest absolute Gasteiger partial charge is 1.00 e. The zero-order valence-corrected chi connectivity index (χ0v) is 33.9. The van der Waals surface area contributed by atoms with E-state index in [4.69, 9.17) is 0 Å². The summed E-state index contributed by atoms with van der Waals surface area (Å²) in [5.74, 6) is 4.76. The number of benzene rings is 3. The molecule has 0 bridgehead atoms. The standard InChI is InChI=1S/C26H44P2.C13H14P2.Cu/c1-17(2)21-13-14-22(18(3)4)27(21)25-11-9-10-12-26(25)28-23(19(5)6)15-16-24(28)20(7)8;1-3-7-12(8-4-1)14-11-15-13-9-5-2-6-10-13;/h9-12,17-24H,13-16H2,1-8H3;1-10,14-15H,11H2;/q;;+1/p+4/t21-,22-,23-,24-;;/m1../s1. The van der Waals surface area contributed by atoms with Crippen molar-refractivity contribution in [3.63, 3.8) is 0 Å². The van der Waals surface area contributed by atoms with Gasteiger partial charge in [-0.2, -0.15) is 0 Å². The van der Waals surface area contributed by atoms with Crippen LogP contribution >= 0.6 is 33.0 Å². The predicted octanol–water partition coefficient (Wildman–Crippen LogP) is 9.47. The Labute approximate surface area is 288 Å². The Bertz CT molecular complexity index is 1090. The van der Waals surface area contributed by atoms with Crippen molar-refractivity contribution in [2.24, 2.45) is 23.7 Å². The first-order chi connectivity index (χ1) is 20.7. The van der Waals surface area contributed by atoms with Gasteiger partial charge < -0.3 is 0 Å². The zero-order chi connectivity index (χ0) is 30.9. The summed E-state index contributed by atoms with van der Waals surface area (Å²) in [4.78, 5) is 0. The van der Waals surface area contributed by atoms with Gasteiger partial charge in [-0.1, -0.05) is 104 Å². The van der Waals surface area contributed by atoms with Gasteiger partial charge in [0, 0.05) is 15.8 Å². The van der Waals surface area contributed by atoms with E-state index in [1.54, 1.807) is 10.6 Å². The van der Waals surface area contributed by atoms with Crippen LogP contribution in [0.15, 0.2) is 84.9 Å². The second kappa shape index (κ2) is 19.0. The summed E-state index contributed by atoms with van der Waals surface area (Å²) in [7, 11) is -0.0577. The Kier molecular flexibility index (Phi) is 16.6. The Morgan fingerprint density at radius 2 is 0.750 bits per heavy atom. The van der Waals surface area contributed by atoms with E-state index in [0.29, 0.717) is 17.2 Å². The molecule has 44 heavy (non-hydrogen) atoms. The van der Waals surface area contributed by atoms with Crippen LogP contribution < -0.4 is 21.2 Å². The van der Waals surface area contributed by atoms with Crippen molar-refractivity contribution in [1.82, 2.24) is 0 Å². The summed E-state index contributed by atoms with van der Waals surface area (Å²) in [5.41, 5.74) is 3.88. The maximum Gasteiger partial charge on any atom is 1.00 e. The second-order valence-corrected chi connectivity index (χ2v) is 24.4. The molecule has 244 valence electrons. The fourth-order valence-electron chi connectivity index (χ4n) is 7.95. The van der Waals surface area contributed by atoms with Gasteiger partial charge in [0.1, 0.15) is 10.6 Å². The third kappa shape index (κ3) is 10.2. The average Bonchev–Trinajstić information content (AvgIpc) is 3.65. The molecule has 0 N–H and O–H groups in total. The van der Waals surface area contributed by atoms with Crippen molar-refractivity contribution in [2.75, 3.05) is 5.90 Å². The normalized spacial score (nSPS) is 23.0. The van der Waals surface area contributed by atoms with Gasteiger partial charge in [0.2, 0.25) is 0 Å². The molecule has 2 saturated heterocycles. The smallest absolute Gasteiger partial charge is 0.0620 e. The molecular weight excluding hydrogens is 656 g/mol. The van der Waals surface area contributed by atoms with E-state index >= 15 is 0 Å². The Hall–Kier alpha value is -0.101. The van der Waals surface area contributed by atoms with E-state index in [1.165, 1.54) is 31.6 Å². The zero-order valence-electron chi connectivity index (χ0n) is 28.7. The van der Waals surface area contributed by atoms with Gasteiger partial charge in [0.05, 0.1) is 50.4 Å². The summed E-state index contributed by atoms with van der Waals surface area (Å²) in [6.45, 7) is 20.0. The van der Waals surface area contributed by atoms with E-state index < -0.39 is 15.8 Å². The molecule has 5 rings (SSSR count). The molecule has 0 amide bonds. The molecule has 0 spiro atoms. The quantitative estimate of drug-likeness (QED) is 0.145. The van der Waals surface area contributed by atoms with Gasteiger partial charge in [-0.05, 0) is 85.8 Å². The molecule has 2 fully saturated rings. The van der Waals surface area contributed by atoms with Crippen molar-refractivity contribution < 1.29 is 17.1 Å². The van der Waals surface area contributed by atoms with Crippen molar-refractivity contribution in [2.45, 2.75) is 104 Å². The monoisotopic (exact) mass is 717 g/mol. The van der Waals surface area contributed by atoms with Crippen molar-refractivity contribution in [3.8, 4) is 0 Å². The minimum atomic E-state index is -0.503. The van der Waals surface area contributed by atoms with Crippen LogP contribution in [-0.2, 0) is 17.1 Å². The van der Waals surface area contributed by atoms with E-state index in [0.717, 1.165) is 46.3 Å². The molecule has 0 aromatic heterocycles. The molecule has 0 nitrogen and oxygen atoms in total. The number of rotatable bonds is 10. The van der Waals surface area contributed by atoms with Gasteiger partial charge in [-0.15, -0.1) is 0 Å². The maximum absolute atomic E-state index is 2.60. The van der Waals surface area contributed by atoms with Crippen LogP contribution in [0.25, 0.3) is 0 Å². The number of hydrogen-bond donors (Lipinski definition) is 0. The van der Waals surface area contributed by atoms with Gasteiger partial charge in [0.25, 0.3) is 0 Å². The molecule has 3 aromatic carbocycles. The fourth-order valence-corrected chi connectivity index (χ4v) is 21.3. The fraction of sp³-hybridized carbons (Fsp3) is 0.538. The Morgan fingerprint density at radius 1 is 0.477 bits per heavy atom.